The monoisotopic (exact) mass is 1220 g/mol. The van der Waals surface area contributed by atoms with Gasteiger partial charge in [0.05, 0.1) is 38.6 Å². The lowest BCUT2D eigenvalue weighted by Gasteiger charge is -2.48. The molecule has 12 N–H and O–H groups in total. The van der Waals surface area contributed by atoms with Crippen LogP contribution in [-0.4, -0.2) is 193 Å². The summed E-state index contributed by atoms with van der Waals surface area (Å²) in [5, 5.41) is 120. The molecule has 17 atom stereocenters. The van der Waals surface area contributed by atoms with E-state index in [2.05, 4.69) is 104 Å². The van der Waals surface area contributed by atoms with Crippen molar-refractivity contribution in [1.29, 1.82) is 0 Å². The number of carbonyl (C=O) groups excluding carboxylic acids is 1. The Labute approximate surface area is 513 Å². The van der Waals surface area contributed by atoms with E-state index in [1.807, 2.05) is 6.08 Å². The molecule has 0 spiro atoms. The fraction of sp³-hybridized carbons (Fsp3) is 0.746. The van der Waals surface area contributed by atoms with Gasteiger partial charge in [-0.3, -0.25) is 4.79 Å². The molecule has 3 aliphatic heterocycles. The largest absolute Gasteiger partial charge is 0.394 e. The molecular formula is C67H113NO18. The van der Waals surface area contributed by atoms with Crippen molar-refractivity contribution in [2.75, 3.05) is 26.4 Å². The zero-order valence-electron chi connectivity index (χ0n) is 51.7. The number of rotatable bonds is 47. The number of hydrogen-bond donors (Lipinski definition) is 12. The van der Waals surface area contributed by atoms with E-state index in [4.69, 9.17) is 28.4 Å². The zero-order chi connectivity index (χ0) is 62.6. The predicted octanol–water partition coefficient (Wildman–Crippen LogP) is 7.32. The first-order valence-corrected chi connectivity index (χ1v) is 32.5. The van der Waals surface area contributed by atoms with Gasteiger partial charge < -0.3 is 89.9 Å². The molecule has 86 heavy (non-hydrogen) atoms. The second-order valence-electron chi connectivity index (χ2n) is 22.8. The second-order valence-corrected chi connectivity index (χ2v) is 22.8. The first-order valence-electron chi connectivity index (χ1n) is 32.5. The fourth-order valence-corrected chi connectivity index (χ4v) is 10.3. The van der Waals surface area contributed by atoms with Crippen LogP contribution >= 0.6 is 0 Å². The Hall–Kier alpha value is -3.29. The van der Waals surface area contributed by atoms with Gasteiger partial charge in [0.1, 0.15) is 73.2 Å². The summed E-state index contributed by atoms with van der Waals surface area (Å²) in [6.45, 7) is 1.55. The first kappa shape index (κ1) is 77.0. The Kier molecular flexibility index (Phi) is 43.4. The van der Waals surface area contributed by atoms with Crippen LogP contribution < -0.4 is 5.32 Å². The average molecular weight is 1220 g/mol. The molecule has 3 saturated heterocycles. The van der Waals surface area contributed by atoms with Gasteiger partial charge in [-0.25, -0.2) is 0 Å². The molecule has 19 nitrogen and oxygen atoms in total. The Balaban J connectivity index is 1.39. The molecular weight excluding hydrogens is 1110 g/mol. The maximum absolute atomic E-state index is 13.3. The van der Waals surface area contributed by atoms with E-state index in [0.717, 1.165) is 103 Å². The highest BCUT2D eigenvalue weighted by molar-refractivity contribution is 5.76. The summed E-state index contributed by atoms with van der Waals surface area (Å²) < 4.78 is 34.2. The van der Waals surface area contributed by atoms with Crippen LogP contribution in [0.15, 0.2) is 97.2 Å². The van der Waals surface area contributed by atoms with Crippen molar-refractivity contribution in [3.8, 4) is 0 Å². The average Bonchev–Trinajstić information content (AvgIpc) is 1.89. The summed E-state index contributed by atoms with van der Waals surface area (Å²) in [6, 6.07) is -0.981. The molecule has 0 radical (unpaired) electrons. The van der Waals surface area contributed by atoms with Gasteiger partial charge in [0.25, 0.3) is 0 Å². The topological polar surface area (TPSA) is 307 Å². The number of aliphatic hydroxyl groups excluding tert-OH is 11. The van der Waals surface area contributed by atoms with Gasteiger partial charge in [0.2, 0.25) is 5.91 Å². The summed E-state index contributed by atoms with van der Waals surface area (Å²) in [7, 11) is 0. The van der Waals surface area contributed by atoms with E-state index >= 15 is 0 Å². The van der Waals surface area contributed by atoms with Gasteiger partial charge >= 0.3 is 0 Å². The van der Waals surface area contributed by atoms with Crippen molar-refractivity contribution in [3.05, 3.63) is 97.2 Å². The molecule has 0 aromatic rings. The lowest BCUT2D eigenvalue weighted by molar-refractivity contribution is -0.379. The summed E-state index contributed by atoms with van der Waals surface area (Å²) in [6.07, 6.45) is 35.4. The SMILES string of the molecule is CC/C=C\C/C=C\C/C=C\C/C=C\C/C=C\C/C=C\C/C=C\CCCCCCCCCCCC(=O)NC(COC1OC(CO)C(OC2OC(CO)C(OC3OC(CO)C(O)C(O)C3O)C(O)C2O)C(O)C1O)C(O)/C=C/CCCCCCCCCC. The number of amides is 1. The minimum atomic E-state index is -1.98. The number of hydrogen-bond acceptors (Lipinski definition) is 18. The Morgan fingerprint density at radius 2 is 0.802 bits per heavy atom. The molecule has 3 rings (SSSR count). The van der Waals surface area contributed by atoms with Crippen molar-refractivity contribution in [2.24, 2.45) is 0 Å². The molecule has 0 saturated carbocycles. The van der Waals surface area contributed by atoms with E-state index < -0.39 is 124 Å². The highest BCUT2D eigenvalue weighted by atomic mass is 16.8. The van der Waals surface area contributed by atoms with Crippen LogP contribution in [0.1, 0.15) is 187 Å². The van der Waals surface area contributed by atoms with Crippen LogP contribution in [0.25, 0.3) is 0 Å². The molecule has 0 aliphatic carbocycles. The van der Waals surface area contributed by atoms with Crippen LogP contribution in [0.3, 0.4) is 0 Å². The summed E-state index contributed by atoms with van der Waals surface area (Å²) in [5.41, 5.74) is 0. The fourth-order valence-electron chi connectivity index (χ4n) is 10.3. The first-order chi connectivity index (χ1) is 41.8. The van der Waals surface area contributed by atoms with Crippen LogP contribution in [0, 0.1) is 0 Å². The Morgan fingerprint density at radius 1 is 0.430 bits per heavy atom. The molecule has 0 bridgehead atoms. The van der Waals surface area contributed by atoms with Crippen LogP contribution in [0.4, 0.5) is 0 Å². The van der Waals surface area contributed by atoms with Gasteiger partial charge in [-0.2, -0.15) is 0 Å². The van der Waals surface area contributed by atoms with Gasteiger partial charge in [-0.05, 0) is 77.0 Å². The molecule has 0 aromatic carbocycles. The van der Waals surface area contributed by atoms with Crippen molar-refractivity contribution in [1.82, 2.24) is 5.32 Å². The van der Waals surface area contributed by atoms with Crippen molar-refractivity contribution < 1.29 is 89.4 Å². The highest BCUT2D eigenvalue weighted by Crippen LogP contribution is 2.33. The molecule has 0 aromatic heterocycles. The van der Waals surface area contributed by atoms with Gasteiger partial charge in [-0.15, -0.1) is 0 Å². The number of aliphatic hydroxyl groups is 11. The number of unbranched alkanes of at least 4 members (excludes halogenated alkanes) is 17. The van der Waals surface area contributed by atoms with E-state index in [-0.39, 0.29) is 18.9 Å². The molecule has 1 amide bonds. The van der Waals surface area contributed by atoms with Gasteiger partial charge in [-0.1, -0.05) is 201 Å². The van der Waals surface area contributed by atoms with E-state index in [9.17, 15) is 61.0 Å². The number of ether oxygens (including phenoxy) is 6. The maximum Gasteiger partial charge on any atom is 0.220 e. The summed E-state index contributed by atoms with van der Waals surface area (Å²) in [4.78, 5) is 13.3. The summed E-state index contributed by atoms with van der Waals surface area (Å²) in [5.74, 6) is -0.289. The standard InChI is InChI=1S/C67H113NO18/c1-3-5-7-9-11-13-15-16-17-18-19-20-21-22-23-24-25-26-27-28-29-30-31-32-33-34-35-37-39-41-43-45-55(73)68-50(51(72)44-42-40-38-36-14-12-10-8-6-4-2)49-81-65-61(79)58(76)63(53(47-70)83-65)86-67-62(80)59(77)64(54(48-71)84-67)85-66-60(78)57(75)56(74)52(46-69)82-66/h5,7,11,13,16-17,19-20,22-23,25-26,28-29,42,44,50-54,56-67,69-72,74-80H,3-4,6,8-10,12,14-15,18,21,24,27,30-41,43,45-49H2,1-2H3,(H,68,73)/b7-5-,13-11-,17-16-,20-19-,23-22-,26-25-,29-28-,44-42+. The molecule has 3 aliphatic rings. The third-order valence-electron chi connectivity index (χ3n) is 15.6. The summed E-state index contributed by atoms with van der Waals surface area (Å²) >= 11 is 0. The number of allylic oxidation sites excluding steroid dienone is 15. The predicted molar refractivity (Wildman–Crippen MR) is 332 cm³/mol. The van der Waals surface area contributed by atoms with Crippen LogP contribution in [0.2, 0.25) is 0 Å². The minimum absolute atomic E-state index is 0.229. The van der Waals surface area contributed by atoms with Gasteiger partial charge in [0, 0.05) is 6.42 Å². The van der Waals surface area contributed by atoms with Crippen molar-refractivity contribution in [2.45, 2.75) is 291 Å². The lowest BCUT2D eigenvalue weighted by Crippen LogP contribution is -2.66. The smallest absolute Gasteiger partial charge is 0.220 e. The molecule has 3 fully saturated rings. The van der Waals surface area contributed by atoms with Crippen LogP contribution in [0.5, 0.6) is 0 Å². The Bertz CT molecular complexity index is 1940. The number of carbonyl (C=O) groups is 1. The normalized spacial score (nSPS) is 29.4. The third-order valence-corrected chi connectivity index (χ3v) is 15.6. The maximum atomic E-state index is 13.3. The molecule has 19 heteroatoms. The second kappa shape index (κ2) is 48.5. The van der Waals surface area contributed by atoms with Crippen molar-refractivity contribution >= 4 is 5.91 Å². The van der Waals surface area contributed by atoms with Crippen molar-refractivity contribution in [3.63, 3.8) is 0 Å². The van der Waals surface area contributed by atoms with E-state index in [1.165, 1.54) is 57.8 Å². The third kappa shape index (κ3) is 31.0. The lowest BCUT2D eigenvalue weighted by atomic mass is 9.96. The van der Waals surface area contributed by atoms with E-state index in [1.54, 1.807) is 6.08 Å². The molecule has 3 heterocycles. The van der Waals surface area contributed by atoms with Crippen LogP contribution in [-0.2, 0) is 33.2 Å². The van der Waals surface area contributed by atoms with E-state index in [0.29, 0.717) is 6.42 Å². The van der Waals surface area contributed by atoms with Gasteiger partial charge in [0.15, 0.2) is 18.9 Å². The molecule has 494 valence electrons. The zero-order valence-corrected chi connectivity index (χ0v) is 51.7. The minimum Gasteiger partial charge on any atom is -0.394 e. The number of nitrogens with one attached hydrogen (secondary N) is 1. The molecule has 17 unspecified atom stereocenters. The Morgan fingerprint density at radius 3 is 1.26 bits per heavy atom. The highest BCUT2D eigenvalue weighted by Gasteiger charge is 2.53. The quantitative estimate of drug-likeness (QED) is 0.0210.